The van der Waals surface area contributed by atoms with Crippen LogP contribution in [0.5, 0.6) is 5.75 Å². The molecule has 0 saturated heterocycles. The minimum Gasteiger partial charge on any atom is -0.490 e. The maximum Gasteiger partial charge on any atom is 0.230 e. The Hall–Kier alpha value is -2.03. The third-order valence-corrected chi connectivity index (χ3v) is 5.00. The van der Waals surface area contributed by atoms with Gasteiger partial charge in [0, 0.05) is 21.9 Å². The molecule has 0 heterocycles. The molecule has 0 aliphatic heterocycles. The number of hydrogen-bond donors (Lipinski definition) is 1. The SMILES string of the molecule is CC(C)Oc1ccc(NC(=O)C2(C)CCCCC2)c2ccccc12. The molecule has 1 amide bonds. The topological polar surface area (TPSA) is 38.3 Å². The summed E-state index contributed by atoms with van der Waals surface area (Å²) in [6.07, 6.45) is 5.61. The van der Waals surface area contributed by atoms with Crippen LogP contribution in [0.2, 0.25) is 0 Å². The van der Waals surface area contributed by atoms with Crippen molar-refractivity contribution in [1.82, 2.24) is 0 Å². The van der Waals surface area contributed by atoms with Crippen molar-refractivity contribution >= 4 is 22.4 Å². The van der Waals surface area contributed by atoms with Gasteiger partial charge in [0.15, 0.2) is 0 Å². The van der Waals surface area contributed by atoms with Crippen LogP contribution >= 0.6 is 0 Å². The zero-order valence-corrected chi connectivity index (χ0v) is 14.9. The first kappa shape index (κ1) is 16.8. The monoisotopic (exact) mass is 325 g/mol. The first-order valence-electron chi connectivity index (χ1n) is 8.99. The Morgan fingerprint density at radius 1 is 1.04 bits per heavy atom. The van der Waals surface area contributed by atoms with E-state index in [1.165, 1.54) is 6.42 Å². The second-order valence-electron chi connectivity index (χ2n) is 7.40. The second-order valence-corrected chi connectivity index (χ2v) is 7.40. The van der Waals surface area contributed by atoms with E-state index in [-0.39, 0.29) is 17.4 Å². The highest BCUT2D eigenvalue weighted by atomic mass is 16.5. The molecule has 1 aliphatic rings. The van der Waals surface area contributed by atoms with Gasteiger partial charge in [-0.3, -0.25) is 4.79 Å². The number of carbonyl (C=O) groups is 1. The van der Waals surface area contributed by atoms with Gasteiger partial charge in [0.05, 0.1) is 6.10 Å². The summed E-state index contributed by atoms with van der Waals surface area (Å²) in [5, 5.41) is 5.25. The number of hydrogen-bond acceptors (Lipinski definition) is 2. The molecule has 24 heavy (non-hydrogen) atoms. The third kappa shape index (κ3) is 3.40. The fraction of sp³-hybridized carbons (Fsp3) is 0.476. The van der Waals surface area contributed by atoms with Crippen molar-refractivity contribution in [3.05, 3.63) is 36.4 Å². The van der Waals surface area contributed by atoms with Crippen LogP contribution < -0.4 is 10.1 Å². The Bertz CT molecular complexity index is 730. The number of carbonyl (C=O) groups excluding carboxylic acids is 1. The molecule has 2 aromatic rings. The van der Waals surface area contributed by atoms with Crippen LogP contribution in [0.4, 0.5) is 5.69 Å². The Kier molecular flexibility index (Phi) is 4.79. The van der Waals surface area contributed by atoms with E-state index >= 15 is 0 Å². The summed E-state index contributed by atoms with van der Waals surface area (Å²) in [5.41, 5.74) is 0.630. The molecule has 3 heteroatoms. The van der Waals surface area contributed by atoms with Crippen molar-refractivity contribution in [1.29, 1.82) is 0 Å². The van der Waals surface area contributed by atoms with E-state index < -0.39 is 0 Å². The molecule has 0 radical (unpaired) electrons. The molecule has 0 atom stereocenters. The highest BCUT2D eigenvalue weighted by molar-refractivity contribution is 6.05. The average Bonchev–Trinajstić information content (AvgIpc) is 2.57. The molecule has 3 rings (SSSR count). The molecule has 0 aromatic heterocycles. The Labute approximate surface area is 144 Å². The second kappa shape index (κ2) is 6.84. The number of ether oxygens (including phenoxy) is 1. The zero-order chi connectivity index (χ0) is 17.2. The molecular weight excluding hydrogens is 298 g/mol. The minimum absolute atomic E-state index is 0.120. The summed E-state index contributed by atoms with van der Waals surface area (Å²) in [6.45, 7) is 6.14. The van der Waals surface area contributed by atoms with Crippen LogP contribution in [-0.2, 0) is 4.79 Å². The van der Waals surface area contributed by atoms with Crippen LogP contribution in [0.15, 0.2) is 36.4 Å². The summed E-state index contributed by atoms with van der Waals surface area (Å²) in [5.74, 6) is 1.01. The molecule has 1 saturated carbocycles. The van der Waals surface area contributed by atoms with Gasteiger partial charge in [-0.25, -0.2) is 0 Å². The van der Waals surface area contributed by atoms with Gasteiger partial charge in [0.25, 0.3) is 0 Å². The summed E-state index contributed by atoms with van der Waals surface area (Å²) in [4.78, 5) is 12.9. The third-order valence-electron chi connectivity index (χ3n) is 5.00. The summed E-state index contributed by atoms with van der Waals surface area (Å²) in [7, 11) is 0. The van der Waals surface area contributed by atoms with Gasteiger partial charge in [-0.2, -0.15) is 0 Å². The van der Waals surface area contributed by atoms with Crippen LogP contribution in [0.1, 0.15) is 52.9 Å². The lowest BCUT2D eigenvalue weighted by Crippen LogP contribution is -2.35. The summed E-state index contributed by atoms with van der Waals surface area (Å²) >= 11 is 0. The normalized spacial score (nSPS) is 17.0. The predicted octanol–water partition coefficient (Wildman–Crippen LogP) is 5.54. The number of benzene rings is 2. The van der Waals surface area contributed by atoms with Gasteiger partial charge in [-0.05, 0) is 38.8 Å². The Balaban J connectivity index is 1.91. The molecular formula is C21H27NO2. The molecule has 1 fully saturated rings. The number of nitrogens with one attached hydrogen (secondary N) is 1. The first-order valence-corrected chi connectivity index (χ1v) is 8.99. The Morgan fingerprint density at radius 2 is 1.71 bits per heavy atom. The molecule has 0 bridgehead atoms. The molecule has 2 aromatic carbocycles. The maximum absolute atomic E-state index is 12.9. The van der Waals surface area contributed by atoms with Gasteiger partial charge in [-0.1, -0.05) is 50.5 Å². The van der Waals surface area contributed by atoms with E-state index in [1.54, 1.807) is 0 Å². The van der Waals surface area contributed by atoms with Gasteiger partial charge in [0.1, 0.15) is 5.75 Å². The van der Waals surface area contributed by atoms with Crippen LogP contribution in [0.3, 0.4) is 0 Å². The number of anilines is 1. The molecule has 128 valence electrons. The van der Waals surface area contributed by atoms with E-state index in [0.717, 1.165) is 47.9 Å². The molecule has 1 N–H and O–H groups in total. The quantitative estimate of drug-likeness (QED) is 0.802. The predicted molar refractivity (Wildman–Crippen MR) is 99.5 cm³/mol. The standard InChI is InChI=1S/C21H27NO2/c1-15(2)24-19-12-11-18(16-9-5-6-10-17(16)19)22-20(23)21(3)13-7-4-8-14-21/h5-6,9-12,15H,4,7-8,13-14H2,1-3H3,(H,22,23). The average molecular weight is 325 g/mol. The fourth-order valence-electron chi connectivity index (χ4n) is 3.57. The lowest BCUT2D eigenvalue weighted by molar-refractivity contribution is -0.126. The highest BCUT2D eigenvalue weighted by Crippen LogP contribution is 2.38. The van der Waals surface area contributed by atoms with Crippen molar-refractivity contribution < 1.29 is 9.53 Å². The van der Waals surface area contributed by atoms with Crippen molar-refractivity contribution in [3.8, 4) is 5.75 Å². The van der Waals surface area contributed by atoms with E-state index in [0.29, 0.717) is 0 Å². The highest BCUT2D eigenvalue weighted by Gasteiger charge is 2.34. The minimum atomic E-state index is -0.244. The van der Waals surface area contributed by atoms with E-state index in [4.69, 9.17) is 4.74 Å². The van der Waals surface area contributed by atoms with E-state index in [9.17, 15) is 4.79 Å². The first-order chi connectivity index (χ1) is 11.5. The number of rotatable bonds is 4. The lowest BCUT2D eigenvalue weighted by atomic mass is 9.75. The van der Waals surface area contributed by atoms with Gasteiger partial charge < -0.3 is 10.1 Å². The lowest BCUT2D eigenvalue weighted by Gasteiger charge is -2.32. The van der Waals surface area contributed by atoms with Crippen molar-refractivity contribution in [2.45, 2.75) is 59.0 Å². The molecule has 3 nitrogen and oxygen atoms in total. The number of amides is 1. The Morgan fingerprint density at radius 3 is 2.38 bits per heavy atom. The largest absolute Gasteiger partial charge is 0.490 e. The maximum atomic E-state index is 12.9. The van der Waals surface area contributed by atoms with Crippen molar-refractivity contribution in [2.75, 3.05) is 5.32 Å². The van der Waals surface area contributed by atoms with Gasteiger partial charge in [-0.15, -0.1) is 0 Å². The van der Waals surface area contributed by atoms with Gasteiger partial charge >= 0.3 is 0 Å². The van der Waals surface area contributed by atoms with Crippen molar-refractivity contribution in [2.24, 2.45) is 5.41 Å². The van der Waals surface area contributed by atoms with Gasteiger partial charge in [0.2, 0.25) is 5.91 Å². The van der Waals surface area contributed by atoms with E-state index in [1.807, 2.05) is 50.2 Å². The molecule has 0 unspecified atom stereocenters. The van der Waals surface area contributed by atoms with E-state index in [2.05, 4.69) is 12.2 Å². The van der Waals surface area contributed by atoms with Crippen LogP contribution in [-0.4, -0.2) is 12.0 Å². The zero-order valence-electron chi connectivity index (χ0n) is 14.9. The number of fused-ring (bicyclic) bond motifs is 1. The summed E-state index contributed by atoms with van der Waals surface area (Å²) in [6, 6.07) is 12.0. The molecule has 1 aliphatic carbocycles. The smallest absolute Gasteiger partial charge is 0.230 e. The summed E-state index contributed by atoms with van der Waals surface area (Å²) < 4.78 is 5.91. The van der Waals surface area contributed by atoms with Crippen LogP contribution in [0.25, 0.3) is 10.8 Å². The van der Waals surface area contributed by atoms with Crippen LogP contribution in [0, 0.1) is 5.41 Å². The fourth-order valence-corrected chi connectivity index (χ4v) is 3.57. The van der Waals surface area contributed by atoms with Crippen molar-refractivity contribution in [3.63, 3.8) is 0 Å². The molecule has 0 spiro atoms.